The lowest BCUT2D eigenvalue weighted by Gasteiger charge is -2.14. The molecule has 0 spiro atoms. The average molecular weight is 359 g/mol. The van der Waals surface area contributed by atoms with E-state index in [0.717, 1.165) is 11.6 Å². The molecule has 0 aliphatic heterocycles. The number of halogens is 1. The molecule has 21 heavy (non-hydrogen) atoms. The van der Waals surface area contributed by atoms with Gasteiger partial charge in [0.15, 0.2) is 6.04 Å². The van der Waals surface area contributed by atoms with Crippen LogP contribution in [0.3, 0.4) is 0 Å². The van der Waals surface area contributed by atoms with Crippen LogP contribution >= 0.6 is 15.9 Å². The van der Waals surface area contributed by atoms with Gasteiger partial charge in [-0.15, -0.1) is 0 Å². The fourth-order valence-corrected chi connectivity index (χ4v) is 1.69. The summed E-state index contributed by atoms with van der Waals surface area (Å²) in [5.74, 6) is -1.79. The van der Waals surface area contributed by atoms with Crippen LogP contribution in [0.25, 0.3) is 0 Å². The van der Waals surface area contributed by atoms with E-state index in [1.807, 2.05) is 0 Å². The van der Waals surface area contributed by atoms with Crippen molar-refractivity contribution in [3.63, 3.8) is 0 Å². The molecular formula is C13H15BrN2O5. The fraction of sp³-hybridized carbons (Fsp3) is 0.308. The minimum atomic E-state index is -1.15. The Balaban J connectivity index is 2.47. The Bertz CT molecular complexity index is 518. The van der Waals surface area contributed by atoms with E-state index < -0.39 is 30.4 Å². The maximum absolute atomic E-state index is 11.8. The summed E-state index contributed by atoms with van der Waals surface area (Å²) < 4.78 is 5.24. The molecule has 8 heteroatoms. The molecule has 0 saturated heterocycles. The number of aliphatic hydroxyl groups excluding tert-OH is 1. The van der Waals surface area contributed by atoms with Crippen LogP contribution in [0.1, 0.15) is 10.4 Å². The van der Waals surface area contributed by atoms with Crippen molar-refractivity contribution in [2.24, 2.45) is 0 Å². The lowest BCUT2D eigenvalue weighted by molar-refractivity contribution is -0.146. The Morgan fingerprint density at radius 1 is 1.29 bits per heavy atom. The van der Waals surface area contributed by atoms with E-state index in [0.29, 0.717) is 5.56 Å². The van der Waals surface area contributed by atoms with Crippen LogP contribution in [0.2, 0.25) is 0 Å². The van der Waals surface area contributed by atoms with Crippen molar-refractivity contribution >= 4 is 33.7 Å². The number of aliphatic hydroxyl groups is 1. The smallest absolute Gasteiger partial charge is 0.330 e. The first-order chi connectivity index (χ1) is 9.97. The molecule has 0 fully saturated rings. The second-order valence-electron chi connectivity index (χ2n) is 4.02. The van der Waals surface area contributed by atoms with Crippen molar-refractivity contribution in [1.29, 1.82) is 0 Å². The minimum Gasteiger partial charge on any atom is -0.467 e. The average Bonchev–Trinajstić information content (AvgIpc) is 2.50. The van der Waals surface area contributed by atoms with E-state index in [2.05, 4.69) is 31.3 Å². The Hall–Kier alpha value is -1.93. The molecule has 1 unspecified atom stereocenters. The Morgan fingerprint density at radius 3 is 2.43 bits per heavy atom. The van der Waals surface area contributed by atoms with Gasteiger partial charge < -0.3 is 20.5 Å². The molecule has 114 valence electrons. The first-order valence-electron chi connectivity index (χ1n) is 5.99. The Morgan fingerprint density at radius 2 is 1.90 bits per heavy atom. The zero-order valence-corrected chi connectivity index (χ0v) is 12.8. The number of benzene rings is 1. The molecule has 1 atom stereocenters. The van der Waals surface area contributed by atoms with Gasteiger partial charge in [-0.3, -0.25) is 9.59 Å². The molecular weight excluding hydrogens is 344 g/mol. The number of carbonyl (C=O) groups excluding carboxylic acids is 3. The molecule has 0 aromatic heterocycles. The highest BCUT2D eigenvalue weighted by Crippen LogP contribution is 2.10. The van der Waals surface area contributed by atoms with E-state index in [1.54, 1.807) is 24.3 Å². The zero-order chi connectivity index (χ0) is 15.8. The van der Waals surface area contributed by atoms with Gasteiger partial charge in [-0.1, -0.05) is 15.9 Å². The van der Waals surface area contributed by atoms with E-state index in [-0.39, 0.29) is 6.54 Å². The summed E-state index contributed by atoms with van der Waals surface area (Å²) >= 11 is 3.25. The molecule has 0 heterocycles. The molecule has 0 radical (unpaired) electrons. The third-order valence-electron chi connectivity index (χ3n) is 2.52. The topological polar surface area (TPSA) is 105 Å². The number of hydrogen-bond donors (Lipinski definition) is 3. The number of rotatable bonds is 6. The maximum Gasteiger partial charge on any atom is 0.330 e. The molecule has 1 aromatic carbocycles. The van der Waals surface area contributed by atoms with Gasteiger partial charge >= 0.3 is 5.97 Å². The van der Waals surface area contributed by atoms with Crippen LogP contribution in [-0.4, -0.2) is 49.2 Å². The molecule has 7 nitrogen and oxygen atoms in total. The van der Waals surface area contributed by atoms with Gasteiger partial charge in [0.2, 0.25) is 5.91 Å². The van der Waals surface area contributed by atoms with Crippen LogP contribution in [0.15, 0.2) is 28.7 Å². The van der Waals surface area contributed by atoms with Crippen LogP contribution in [0.4, 0.5) is 0 Å². The van der Waals surface area contributed by atoms with Crippen LogP contribution in [0, 0.1) is 0 Å². The standard InChI is InChI=1S/C13H15BrN2O5/c1-21-13(20)10(7-17)16-11(18)6-15-12(19)8-2-4-9(14)5-3-8/h2-5,10,17H,6-7H2,1H3,(H,15,19)(H,16,18). The first-order valence-corrected chi connectivity index (χ1v) is 6.79. The first kappa shape index (κ1) is 17.1. The van der Waals surface area contributed by atoms with E-state index >= 15 is 0 Å². The second-order valence-corrected chi connectivity index (χ2v) is 4.93. The van der Waals surface area contributed by atoms with Crippen molar-refractivity contribution < 1.29 is 24.2 Å². The highest BCUT2D eigenvalue weighted by molar-refractivity contribution is 9.10. The van der Waals surface area contributed by atoms with Crippen LogP contribution in [-0.2, 0) is 14.3 Å². The molecule has 3 N–H and O–H groups in total. The normalized spacial score (nSPS) is 11.4. The number of hydrogen-bond acceptors (Lipinski definition) is 5. The highest BCUT2D eigenvalue weighted by Gasteiger charge is 2.20. The maximum atomic E-state index is 11.8. The van der Waals surface area contributed by atoms with Gasteiger partial charge in [0.1, 0.15) is 0 Å². The van der Waals surface area contributed by atoms with Crippen molar-refractivity contribution in [3.8, 4) is 0 Å². The zero-order valence-electron chi connectivity index (χ0n) is 11.3. The van der Waals surface area contributed by atoms with E-state index in [4.69, 9.17) is 5.11 Å². The van der Waals surface area contributed by atoms with Gasteiger partial charge in [-0.2, -0.15) is 0 Å². The number of methoxy groups -OCH3 is 1. The lowest BCUT2D eigenvalue weighted by atomic mass is 10.2. The predicted molar refractivity (Wildman–Crippen MR) is 77.5 cm³/mol. The molecule has 0 aliphatic carbocycles. The molecule has 0 saturated carbocycles. The molecule has 2 amide bonds. The van der Waals surface area contributed by atoms with Crippen LogP contribution in [0.5, 0.6) is 0 Å². The summed E-state index contributed by atoms with van der Waals surface area (Å²) in [6.45, 7) is -0.901. The number of nitrogens with one attached hydrogen (secondary N) is 2. The lowest BCUT2D eigenvalue weighted by Crippen LogP contribution is -2.47. The minimum absolute atomic E-state index is 0.317. The number of esters is 1. The molecule has 0 aliphatic rings. The van der Waals surface area contributed by atoms with Gasteiger partial charge in [0, 0.05) is 10.0 Å². The highest BCUT2D eigenvalue weighted by atomic mass is 79.9. The van der Waals surface area contributed by atoms with Crippen molar-refractivity contribution in [2.75, 3.05) is 20.3 Å². The quantitative estimate of drug-likeness (QED) is 0.612. The monoisotopic (exact) mass is 358 g/mol. The fourth-order valence-electron chi connectivity index (χ4n) is 1.43. The molecule has 1 rings (SSSR count). The van der Waals surface area contributed by atoms with Crippen LogP contribution < -0.4 is 10.6 Å². The Kier molecular flexibility index (Phi) is 6.83. The Labute approximate surface area is 129 Å². The third-order valence-corrected chi connectivity index (χ3v) is 3.05. The van der Waals surface area contributed by atoms with Gasteiger partial charge in [0.05, 0.1) is 20.3 Å². The summed E-state index contributed by atoms with van der Waals surface area (Å²) in [6.07, 6.45) is 0. The number of amides is 2. The third kappa shape index (κ3) is 5.52. The van der Waals surface area contributed by atoms with Gasteiger partial charge in [-0.05, 0) is 24.3 Å². The number of ether oxygens (including phenoxy) is 1. The summed E-state index contributed by atoms with van der Waals surface area (Å²) in [6, 6.07) is 5.46. The van der Waals surface area contributed by atoms with Crippen molar-refractivity contribution in [2.45, 2.75) is 6.04 Å². The van der Waals surface area contributed by atoms with E-state index in [1.165, 1.54) is 0 Å². The largest absolute Gasteiger partial charge is 0.467 e. The SMILES string of the molecule is COC(=O)C(CO)NC(=O)CNC(=O)c1ccc(Br)cc1. The summed E-state index contributed by atoms with van der Waals surface area (Å²) in [4.78, 5) is 34.5. The molecule has 1 aromatic rings. The van der Waals surface area contributed by atoms with E-state index in [9.17, 15) is 14.4 Å². The second kappa shape index (κ2) is 8.38. The van der Waals surface area contributed by atoms with Crippen molar-refractivity contribution in [1.82, 2.24) is 10.6 Å². The summed E-state index contributed by atoms with van der Waals surface area (Å²) in [5.41, 5.74) is 0.401. The molecule has 0 bridgehead atoms. The predicted octanol–water partition coefficient (Wildman–Crippen LogP) is -0.171. The summed E-state index contributed by atoms with van der Waals surface area (Å²) in [7, 11) is 1.15. The van der Waals surface area contributed by atoms with Gasteiger partial charge in [-0.25, -0.2) is 4.79 Å². The summed E-state index contributed by atoms with van der Waals surface area (Å²) in [5, 5.41) is 13.6. The van der Waals surface area contributed by atoms with Gasteiger partial charge in [0.25, 0.3) is 5.91 Å². The number of carbonyl (C=O) groups is 3. The van der Waals surface area contributed by atoms with Crippen molar-refractivity contribution in [3.05, 3.63) is 34.3 Å².